The van der Waals surface area contributed by atoms with Gasteiger partial charge < -0.3 is 4.74 Å². The molecule has 6 heteroatoms. The van der Waals surface area contributed by atoms with E-state index in [0.717, 1.165) is 24.8 Å². The number of hydrogen-bond donors (Lipinski definition) is 0. The van der Waals surface area contributed by atoms with Gasteiger partial charge in [0.15, 0.2) is 6.20 Å². The fourth-order valence-electron chi connectivity index (χ4n) is 6.95. The van der Waals surface area contributed by atoms with E-state index in [4.69, 9.17) is 4.74 Å². The summed E-state index contributed by atoms with van der Waals surface area (Å²) in [4.78, 5) is 17.1. The molecule has 214 valence electrons. The zero-order valence-electron chi connectivity index (χ0n) is 24.4. The number of ether oxygens (including phenoxy) is 1. The van der Waals surface area contributed by atoms with E-state index in [9.17, 15) is 9.18 Å². The Bertz CT molecular complexity index is 1510. The highest BCUT2D eigenvalue weighted by molar-refractivity contribution is 5.97. The van der Waals surface area contributed by atoms with Gasteiger partial charge in [-0.3, -0.25) is 0 Å². The summed E-state index contributed by atoms with van der Waals surface area (Å²) >= 11 is 0. The number of carbonyl (C=O) groups is 1. The summed E-state index contributed by atoms with van der Waals surface area (Å²) in [5.74, 6) is -2.07. The lowest BCUT2D eigenvalue weighted by Gasteiger charge is -2.31. The number of pyridine rings is 2. The molecule has 4 heterocycles. The van der Waals surface area contributed by atoms with Gasteiger partial charge in [0.25, 0.3) is 0 Å². The van der Waals surface area contributed by atoms with Crippen molar-refractivity contribution in [1.82, 2.24) is 4.98 Å². The number of hydrogen-bond acceptors (Lipinski definition) is 3. The number of carbonyl (C=O) groups excluding carboxylic acids is 1. The molecule has 41 heavy (non-hydrogen) atoms. The van der Waals surface area contributed by atoms with Crippen molar-refractivity contribution in [3.63, 3.8) is 0 Å². The van der Waals surface area contributed by atoms with Gasteiger partial charge in [0.05, 0.1) is 11.1 Å². The molecule has 2 aliphatic heterocycles. The van der Waals surface area contributed by atoms with E-state index in [-0.39, 0.29) is 23.3 Å². The molecule has 1 aliphatic carbocycles. The molecular formula is C35H39F2N2O2+. The fourth-order valence-corrected chi connectivity index (χ4v) is 6.95. The van der Waals surface area contributed by atoms with Gasteiger partial charge in [0, 0.05) is 24.0 Å². The lowest BCUT2D eigenvalue weighted by atomic mass is 9.69. The highest BCUT2D eigenvalue weighted by Crippen LogP contribution is 2.49. The SMILES string of the molecule is C=CC1(CC)C2=C(OC(=O)C(=CC=CC)C(=C)C2)[n+]2ccc(CC3(C)CCCCCC3)cc2-c2c1cc(F)nc2F. The molecule has 2 aromatic rings. The van der Waals surface area contributed by atoms with Crippen molar-refractivity contribution < 1.29 is 22.9 Å². The van der Waals surface area contributed by atoms with Crippen molar-refractivity contribution in [2.75, 3.05) is 0 Å². The van der Waals surface area contributed by atoms with Gasteiger partial charge >= 0.3 is 11.9 Å². The van der Waals surface area contributed by atoms with Crippen LogP contribution in [0, 0.1) is 17.3 Å². The van der Waals surface area contributed by atoms with E-state index >= 15 is 4.39 Å². The zero-order valence-corrected chi connectivity index (χ0v) is 24.4. The van der Waals surface area contributed by atoms with E-state index in [1.54, 1.807) is 22.8 Å². The molecule has 1 atom stereocenters. The molecule has 0 radical (unpaired) electrons. The lowest BCUT2D eigenvalue weighted by Crippen LogP contribution is -2.38. The molecule has 2 aromatic heterocycles. The maximum absolute atomic E-state index is 15.9. The monoisotopic (exact) mass is 557 g/mol. The molecule has 1 saturated carbocycles. The van der Waals surface area contributed by atoms with Crippen molar-refractivity contribution >= 4 is 11.9 Å². The molecule has 0 aromatic carbocycles. The van der Waals surface area contributed by atoms with E-state index < -0.39 is 23.3 Å². The number of nitrogens with zero attached hydrogens (tertiary/aromatic N) is 2. The predicted octanol–water partition coefficient (Wildman–Crippen LogP) is 8.24. The number of esters is 1. The Labute approximate surface area is 241 Å². The number of fused-ring (bicyclic) bond motifs is 4. The van der Waals surface area contributed by atoms with Crippen LogP contribution in [0.5, 0.6) is 0 Å². The fraction of sp³-hybridized carbons (Fsp3) is 0.400. The molecule has 0 amide bonds. The van der Waals surface area contributed by atoms with Gasteiger partial charge in [0.2, 0.25) is 17.6 Å². The first-order valence-corrected chi connectivity index (χ1v) is 14.7. The quantitative estimate of drug-likeness (QED) is 0.0929. The molecule has 0 saturated heterocycles. The number of aromatic nitrogens is 2. The first-order chi connectivity index (χ1) is 19.7. The molecule has 0 bridgehead atoms. The van der Waals surface area contributed by atoms with Crippen LogP contribution >= 0.6 is 0 Å². The summed E-state index contributed by atoms with van der Waals surface area (Å²) in [5, 5.41) is 0. The molecule has 0 spiro atoms. The Hall–Kier alpha value is -3.67. The van der Waals surface area contributed by atoms with Crippen LogP contribution in [-0.2, 0) is 21.4 Å². The van der Waals surface area contributed by atoms with Crippen LogP contribution in [0.15, 0.2) is 78.6 Å². The first-order valence-electron chi connectivity index (χ1n) is 14.7. The van der Waals surface area contributed by atoms with Crippen LogP contribution < -0.4 is 4.57 Å². The number of rotatable bonds is 5. The standard InChI is InChI=1S/C35H39F2N2O2/c1-6-9-14-25-23(4)19-27-32(41-33(25)40)39-18-15-24(22-34(5)16-12-10-11-13-17-34)20-28(39)30-26(35(27,7-2)8-3)21-29(36)38-31(30)37/h6-7,9,14-15,18,20-21H,2,4,8,10-13,16-17,19,22H2,1,3,5H3/q+1. The Balaban J connectivity index is 1.78. The summed E-state index contributed by atoms with van der Waals surface area (Å²) in [5.41, 5.74) is 2.85. The van der Waals surface area contributed by atoms with E-state index in [1.807, 2.05) is 38.3 Å². The molecule has 1 fully saturated rings. The van der Waals surface area contributed by atoms with Crippen molar-refractivity contribution in [1.29, 1.82) is 0 Å². The zero-order chi connectivity index (χ0) is 29.4. The third-order valence-electron chi connectivity index (χ3n) is 9.20. The minimum atomic E-state index is -1.03. The van der Waals surface area contributed by atoms with Crippen molar-refractivity contribution in [2.45, 2.75) is 84.0 Å². The Morgan fingerprint density at radius 2 is 1.90 bits per heavy atom. The van der Waals surface area contributed by atoms with Gasteiger partial charge in [-0.1, -0.05) is 64.3 Å². The summed E-state index contributed by atoms with van der Waals surface area (Å²) in [6.07, 6.45) is 17.6. The molecular weight excluding hydrogens is 518 g/mol. The van der Waals surface area contributed by atoms with E-state index in [1.165, 1.54) is 31.7 Å². The van der Waals surface area contributed by atoms with Crippen LogP contribution in [-0.4, -0.2) is 11.0 Å². The highest BCUT2D eigenvalue weighted by Gasteiger charge is 2.48. The van der Waals surface area contributed by atoms with Gasteiger partial charge in [0.1, 0.15) is 5.56 Å². The van der Waals surface area contributed by atoms with Gasteiger partial charge in [-0.15, -0.1) is 11.1 Å². The third kappa shape index (κ3) is 5.13. The Morgan fingerprint density at radius 3 is 2.56 bits per heavy atom. The molecule has 4 nitrogen and oxygen atoms in total. The van der Waals surface area contributed by atoms with E-state index in [2.05, 4.69) is 25.1 Å². The summed E-state index contributed by atoms with van der Waals surface area (Å²) in [6, 6.07) is 5.28. The average molecular weight is 558 g/mol. The minimum absolute atomic E-state index is 0.139. The van der Waals surface area contributed by atoms with Crippen LogP contribution in [0.2, 0.25) is 0 Å². The van der Waals surface area contributed by atoms with Gasteiger partial charge in [-0.25, -0.2) is 4.79 Å². The number of halogens is 2. The smallest absolute Gasteiger partial charge is 0.367 e. The number of allylic oxidation sites excluding steroid dienone is 5. The van der Waals surface area contributed by atoms with Gasteiger partial charge in [-0.2, -0.15) is 13.8 Å². The Morgan fingerprint density at radius 1 is 1.17 bits per heavy atom. The molecule has 5 rings (SSSR count). The minimum Gasteiger partial charge on any atom is -0.367 e. The van der Waals surface area contributed by atoms with Crippen molar-refractivity contribution in [2.24, 2.45) is 5.41 Å². The molecule has 1 unspecified atom stereocenters. The topological polar surface area (TPSA) is 43.1 Å². The van der Waals surface area contributed by atoms with Crippen LogP contribution in [0.3, 0.4) is 0 Å². The second-order valence-electron chi connectivity index (χ2n) is 11.9. The maximum atomic E-state index is 15.9. The molecule has 3 aliphatic rings. The summed E-state index contributed by atoms with van der Waals surface area (Å²) in [6.45, 7) is 14.5. The summed E-state index contributed by atoms with van der Waals surface area (Å²) < 4.78 is 38.6. The van der Waals surface area contributed by atoms with Crippen molar-refractivity contribution in [3.05, 3.63) is 102 Å². The molecule has 0 N–H and O–H groups in total. The Kier molecular flexibility index (Phi) is 7.95. The predicted molar refractivity (Wildman–Crippen MR) is 157 cm³/mol. The van der Waals surface area contributed by atoms with E-state index in [0.29, 0.717) is 34.4 Å². The van der Waals surface area contributed by atoms with Gasteiger partial charge in [-0.05, 0) is 66.9 Å². The first kappa shape index (κ1) is 28.8. The van der Waals surface area contributed by atoms with Crippen LogP contribution in [0.4, 0.5) is 8.78 Å². The van der Waals surface area contributed by atoms with Crippen LogP contribution in [0.25, 0.3) is 17.1 Å². The lowest BCUT2D eigenvalue weighted by molar-refractivity contribution is -0.587. The normalized spacial score (nSPS) is 23.3. The average Bonchev–Trinajstić information content (AvgIpc) is 3.26. The largest absolute Gasteiger partial charge is 0.382 e. The summed E-state index contributed by atoms with van der Waals surface area (Å²) in [7, 11) is 0. The highest BCUT2D eigenvalue weighted by atomic mass is 19.1. The maximum Gasteiger partial charge on any atom is 0.382 e. The van der Waals surface area contributed by atoms with Crippen molar-refractivity contribution in [3.8, 4) is 11.3 Å². The second kappa shape index (κ2) is 11.3. The van der Waals surface area contributed by atoms with Crippen LogP contribution in [0.1, 0.15) is 83.3 Å². The second-order valence-corrected chi connectivity index (χ2v) is 11.9. The third-order valence-corrected chi connectivity index (χ3v) is 9.20.